The predicted octanol–water partition coefficient (Wildman–Crippen LogP) is 3.27. The highest BCUT2D eigenvalue weighted by molar-refractivity contribution is 5.90. The number of rotatable bonds is 6. The number of carbonyl (C=O) groups excluding carboxylic acids is 3. The number of nitrogens with one attached hydrogen (secondary N) is 1. The molecule has 1 aromatic carbocycles. The fourth-order valence-corrected chi connectivity index (χ4v) is 3.23. The summed E-state index contributed by atoms with van der Waals surface area (Å²) in [6.07, 6.45) is 0.622. The standard InChI is InChI=1S/C22H32N2O5/c1-15(2)18(23-21(27)29-22(3,4)5)19(25)24-13-9-12-17(24)20(26)28-14-16-10-7-6-8-11-16/h6-8,10-11,15,17-18H,9,12-14H2,1-5H3,(H,23,27)/t17-,18-/m1/s1. The molecule has 0 saturated carbocycles. The molecule has 1 aliphatic rings. The monoisotopic (exact) mass is 404 g/mol. The number of likely N-dealkylation sites (tertiary alicyclic amines) is 1. The van der Waals surface area contributed by atoms with Gasteiger partial charge in [-0.2, -0.15) is 0 Å². The second-order valence-electron chi connectivity index (χ2n) is 8.65. The summed E-state index contributed by atoms with van der Waals surface area (Å²) < 4.78 is 10.7. The lowest BCUT2D eigenvalue weighted by atomic mass is 10.0. The molecule has 1 saturated heterocycles. The Hall–Kier alpha value is -2.57. The minimum atomic E-state index is -0.771. The molecule has 2 atom stereocenters. The van der Waals surface area contributed by atoms with E-state index in [1.54, 1.807) is 20.8 Å². The van der Waals surface area contributed by atoms with Crippen LogP contribution in [0.4, 0.5) is 4.79 Å². The topological polar surface area (TPSA) is 84.9 Å². The van der Waals surface area contributed by atoms with E-state index >= 15 is 0 Å². The first-order chi connectivity index (χ1) is 13.6. The SMILES string of the molecule is CC(C)[C@@H](NC(=O)OC(C)(C)C)C(=O)N1CCC[C@@H]1C(=O)OCc1ccccc1. The molecule has 2 rings (SSSR count). The van der Waals surface area contributed by atoms with Gasteiger partial charge in [-0.3, -0.25) is 4.79 Å². The quantitative estimate of drug-likeness (QED) is 0.736. The van der Waals surface area contributed by atoms with Crippen molar-refractivity contribution in [3.63, 3.8) is 0 Å². The molecule has 0 bridgehead atoms. The van der Waals surface area contributed by atoms with Crippen molar-refractivity contribution in [3.8, 4) is 0 Å². The third-order valence-corrected chi connectivity index (χ3v) is 4.64. The molecule has 160 valence electrons. The van der Waals surface area contributed by atoms with Crippen molar-refractivity contribution in [1.29, 1.82) is 0 Å². The number of hydrogen-bond acceptors (Lipinski definition) is 5. The fraction of sp³-hybridized carbons (Fsp3) is 0.591. The molecule has 0 unspecified atom stereocenters. The Morgan fingerprint density at radius 2 is 1.83 bits per heavy atom. The van der Waals surface area contributed by atoms with Crippen molar-refractivity contribution in [2.45, 2.75) is 71.8 Å². The van der Waals surface area contributed by atoms with Gasteiger partial charge in [-0.1, -0.05) is 44.2 Å². The molecule has 7 nitrogen and oxygen atoms in total. The average molecular weight is 405 g/mol. The van der Waals surface area contributed by atoms with Crippen LogP contribution in [0.1, 0.15) is 53.0 Å². The van der Waals surface area contributed by atoms with Gasteiger partial charge in [0.15, 0.2) is 0 Å². The Labute approximate surface area is 172 Å². The zero-order valence-electron chi connectivity index (χ0n) is 17.9. The number of hydrogen-bond donors (Lipinski definition) is 1. The van der Waals surface area contributed by atoms with E-state index in [1.807, 2.05) is 44.2 Å². The summed E-state index contributed by atoms with van der Waals surface area (Å²) in [5, 5.41) is 2.66. The molecule has 1 fully saturated rings. The third-order valence-electron chi connectivity index (χ3n) is 4.64. The van der Waals surface area contributed by atoms with E-state index in [2.05, 4.69) is 5.32 Å². The van der Waals surface area contributed by atoms with Crippen LogP contribution in [0.15, 0.2) is 30.3 Å². The van der Waals surface area contributed by atoms with Crippen molar-refractivity contribution >= 4 is 18.0 Å². The second-order valence-corrected chi connectivity index (χ2v) is 8.65. The van der Waals surface area contributed by atoms with Crippen LogP contribution in [0.25, 0.3) is 0 Å². The van der Waals surface area contributed by atoms with Crippen molar-refractivity contribution in [3.05, 3.63) is 35.9 Å². The number of amides is 2. The molecular formula is C22H32N2O5. The first-order valence-corrected chi connectivity index (χ1v) is 10.1. The molecule has 0 spiro atoms. The first-order valence-electron chi connectivity index (χ1n) is 10.1. The van der Waals surface area contributed by atoms with Gasteiger partial charge in [0.05, 0.1) is 0 Å². The third kappa shape index (κ3) is 6.76. The lowest BCUT2D eigenvalue weighted by Gasteiger charge is -2.30. The van der Waals surface area contributed by atoms with Gasteiger partial charge in [-0.15, -0.1) is 0 Å². The van der Waals surface area contributed by atoms with Crippen LogP contribution in [0.5, 0.6) is 0 Å². The van der Waals surface area contributed by atoms with Crippen molar-refractivity contribution in [1.82, 2.24) is 10.2 Å². The minimum Gasteiger partial charge on any atom is -0.459 e. The highest BCUT2D eigenvalue weighted by atomic mass is 16.6. The maximum Gasteiger partial charge on any atom is 0.408 e. The van der Waals surface area contributed by atoms with Gasteiger partial charge in [-0.25, -0.2) is 9.59 Å². The highest BCUT2D eigenvalue weighted by Crippen LogP contribution is 2.22. The predicted molar refractivity (Wildman–Crippen MR) is 109 cm³/mol. The van der Waals surface area contributed by atoms with E-state index in [0.29, 0.717) is 19.4 Å². The molecule has 1 N–H and O–H groups in total. The van der Waals surface area contributed by atoms with Gasteiger partial charge in [0.25, 0.3) is 0 Å². The van der Waals surface area contributed by atoms with Gasteiger partial charge < -0.3 is 19.7 Å². The summed E-state index contributed by atoms with van der Waals surface area (Å²) >= 11 is 0. The summed E-state index contributed by atoms with van der Waals surface area (Å²) in [5.41, 5.74) is 0.231. The maximum atomic E-state index is 13.1. The zero-order chi connectivity index (χ0) is 21.6. The number of benzene rings is 1. The maximum absolute atomic E-state index is 13.1. The van der Waals surface area contributed by atoms with Crippen LogP contribution in [0.3, 0.4) is 0 Å². The number of carbonyl (C=O) groups is 3. The van der Waals surface area contributed by atoms with E-state index in [9.17, 15) is 14.4 Å². The smallest absolute Gasteiger partial charge is 0.408 e. The number of ether oxygens (including phenoxy) is 2. The lowest BCUT2D eigenvalue weighted by Crippen LogP contribution is -2.54. The molecule has 7 heteroatoms. The van der Waals surface area contributed by atoms with Crippen molar-refractivity contribution in [2.75, 3.05) is 6.54 Å². The van der Waals surface area contributed by atoms with Crippen LogP contribution in [-0.4, -0.2) is 47.1 Å². The highest BCUT2D eigenvalue weighted by Gasteiger charge is 2.39. The molecule has 1 heterocycles. The Bertz CT molecular complexity index is 712. The van der Waals surface area contributed by atoms with Crippen LogP contribution in [-0.2, 0) is 25.7 Å². The van der Waals surface area contributed by atoms with Crippen LogP contribution < -0.4 is 5.32 Å². The molecule has 0 aromatic heterocycles. The van der Waals surface area contributed by atoms with Gasteiger partial charge in [0, 0.05) is 6.54 Å². The number of esters is 1. The normalized spacial score (nSPS) is 17.7. The van der Waals surface area contributed by atoms with E-state index in [0.717, 1.165) is 5.56 Å². The van der Waals surface area contributed by atoms with E-state index in [-0.39, 0.29) is 18.4 Å². The molecular weight excluding hydrogens is 372 g/mol. The van der Waals surface area contributed by atoms with E-state index in [1.165, 1.54) is 4.90 Å². The van der Waals surface area contributed by atoms with Gasteiger partial charge in [-0.05, 0) is 45.1 Å². The van der Waals surface area contributed by atoms with E-state index < -0.39 is 29.7 Å². The summed E-state index contributed by atoms with van der Waals surface area (Å²) in [5.74, 6) is -0.860. The van der Waals surface area contributed by atoms with Crippen LogP contribution in [0, 0.1) is 5.92 Å². The Morgan fingerprint density at radius 1 is 1.17 bits per heavy atom. The number of nitrogens with zero attached hydrogens (tertiary/aromatic N) is 1. The molecule has 1 aliphatic heterocycles. The van der Waals surface area contributed by atoms with Crippen LogP contribution in [0.2, 0.25) is 0 Å². The summed E-state index contributed by atoms with van der Waals surface area (Å²) in [6, 6.07) is 8.01. The van der Waals surface area contributed by atoms with Crippen molar-refractivity contribution in [2.24, 2.45) is 5.92 Å². The molecule has 29 heavy (non-hydrogen) atoms. The summed E-state index contributed by atoms with van der Waals surface area (Å²) in [6.45, 7) is 9.61. The Morgan fingerprint density at radius 3 is 2.41 bits per heavy atom. The molecule has 2 amide bonds. The Kier molecular flexibility index (Phi) is 7.65. The zero-order valence-corrected chi connectivity index (χ0v) is 17.9. The average Bonchev–Trinajstić information content (AvgIpc) is 3.12. The fourth-order valence-electron chi connectivity index (χ4n) is 3.23. The summed E-state index contributed by atoms with van der Waals surface area (Å²) in [4.78, 5) is 39.4. The molecule has 1 aromatic rings. The van der Waals surface area contributed by atoms with Crippen LogP contribution >= 0.6 is 0 Å². The minimum absolute atomic E-state index is 0.156. The largest absolute Gasteiger partial charge is 0.459 e. The van der Waals surface area contributed by atoms with Gasteiger partial charge in [0.1, 0.15) is 24.3 Å². The summed E-state index contributed by atoms with van der Waals surface area (Å²) in [7, 11) is 0. The molecule has 0 aliphatic carbocycles. The molecule has 0 radical (unpaired) electrons. The van der Waals surface area contributed by atoms with Gasteiger partial charge >= 0.3 is 12.1 Å². The van der Waals surface area contributed by atoms with E-state index in [4.69, 9.17) is 9.47 Å². The van der Waals surface area contributed by atoms with Gasteiger partial charge in [0.2, 0.25) is 5.91 Å². The first kappa shape index (κ1) is 22.7. The Balaban J connectivity index is 2.01. The second kappa shape index (κ2) is 9.76. The number of alkyl carbamates (subject to hydrolysis) is 1. The van der Waals surface area contributed by atoms with Crippen molar-refractivity contribution < 1.29 is 23.9 Å². The lowest BCUT2D eigenvalue weighted by molar-refractivity contribution is -0.155.